The van der Waals surface area contributed by atoms with Crippen LogP contribution in [0.2, 0.25) is 0 Å². The molecule has 0 heterocycles. The van der Waals surface area contributed by atoms with Gasteiger partial charge in [0.2, 0.25) is 17.7 Å². The molecule has 0 rings (SSSR count). The van der Waals surface area contributed by atoms with E-state index in [0.717, 1.165) is 0 Å². The van der Waals surface area contributed by atoms with Gasteiger partial charge in [0.15, 0.2) is 0 Å². The van der Waals surface area contributed by atoms with Crippen LogP contribution >= 0.6 is 0 Å². The number of hydrogen-bond acceptors (Lipinski definition) is 8. The third kappa shape index (κ3) is 8.85. The van der Waals surface area contributed by atoms with Crippen molar-refractivity contribution < 1.29 is 44.4 Å². The summed E-state index contributed by atoms with van der Waals surface area (Å²) in [7, 11) is 0. The predicted octanol–water partition coefficient (Wildman–Crippen LogP) is -3.64. The van der Waals surface area contributed by atoms with Gasteiger partial charge >= 0.3 is 11.9 Å². The van der Waals surface area contributed by atoms with E-state index in [1.807, 2.05) is 5.32 Å². The molecule has 0 saturated carbocycles. The van der Waals surface area contributed by atoms with Crippen molar-refractivity contribution in [1.82, 2.24) is 16.0 Å². The lowest BCUT2D eigenvalue weighted by Crippen LogP contribution is -2.59. The fraction of sp³-hybridized carbons (Fsp3) is 0.688. The smallest absolute Gasteiger partial charge is 0.326 e. The Labute approximate surface area is 166 Å². The molecular weight excluding hydrogens is 392 g/mol. The highest BCUT2D eigenvalue weighted by molar-refractivity contribution is 5.95. The van der Waals surface area contributed by atoms with E-state index in [1.165, 1.54) is 0 Å². The molecule has 0 aromatic rings. The summed E-state index contributed by atoms with van der Waals surface area (Å²) in [5, 5.41) is 42.6. The number of carbonyl (C=O) groups excluding carboxylic acids is 3. The molecule has 13 heteroatoms. The van der Waals surface area contributed by atoms with Crippen molar-refractivity contribution in [2.75, 3.05) is 13.2 Å². The van der Waals surface area contributed by atoms with Gasteiger partial charge in [-0.25, -0.2) is 4.79 Å². The Morgan fingerprint density at radius 2 is 1.38 bits per heavy atom. The zero-order valence-electron chi connectivity index (χ0n) is 16.1. The molecular formula is C16H28N4O9. The lowest BCUT2D eigenvalue weighted by atomic mass is 9.98. The lowest BCUT2D eigenvalue weighted by molar-refractivity contribution is -0.144. The fourth-order valence-corrected chi connectivity index (χ4v) is 2.15. The van der Waals surface area contributed by atoms with Crippen LogP contribution in [0.25, 0.3) is 0 Å². The Hall–Kier alpha value is -2.77. The molecule has 0 spiro atoms. The summed E-state index contributed by atoms with van der Waals surface area (Å²) in [5.74, 6) is -6.35. The van der Waals surface area contributed by atoms with Crippen LogP contribution in [0.5, 0.6) is 0 Å². The van der Waals surface area contributed by atoms with E-state index in [1.54, 1.807) is 13.8 Å². The number of carboxylic acid groups (broad SMARTS) is 2. The van der Waals surface area contributed by atoms with E-state index in [0.29, 0.717) is 6.42 Å². The van der Waals surface area contributed by atoms with E-state index in [-0.39, 0.29) is 0 Å². The highest BCUT2D eigenvalue weighted by Gasteiger charge is 2.32. The van der Waals surface area contributed by atoms with Crippen LogP contribution in [-0.2, 0) is 24.0 Å². The van der Waals surface area contributed by atoms with Crippen molar-refractivity contribution in [3.05, 3.63) is 0 Å². The maximum atomic E-state index is 12.4. The van der Waals surface area contributed by atoms with Crippen LogP contribution < -0.4 is 21.7 Å². The number of rotatable bonds is 13. The van der Waals surface area contributed by atoms with Gasteiger partial charge in [-0.05, 0) is 5.92 Å². The maximum Gasteiger partial charge on any atom is 0.326 e. The van der Waals surface area contributed by atoms with Crippen LogP contribution in [0.3, 0.4) is 0 Å². The highest BCUT2D eigenvalue weighted by atomic mass is 16.4. The summed E-state index contributed by atoms with van der Waals surface area (Å²) in [6.07, 6.45) is -0.455. The summed E-state index contributed by atoms with van der Waals surface area (Å²) >= 11 is 0. The van der Waals surface area contributed by atoms with Gasteiger partial charge in [0, 0.05) is 0 Å². The third-order valence-corrected chi connectivity index (χ3v) is 4.14. The van der Waals surface area contributed by atoms with Crippen LogP contribution in [-0.4, -0.2) is 87.5 Å². The number of aliphatic hydroxyl groups excluding tert-OH is 2. The Kier molecular flexibility index (Phi) is 11.4. The first kappa shape index (κ1) is 26.2. The Morgan fingerprint density at radius 1 is 0.862 bits per heavy atom. The summed E-state index contributed by atoms with van der Waals surface area (Å²) < 4.78 is 0. The molecule has 0 aliphatic heterocycles. The molecule has 0 saturated heterocycles. The van der Waals surface area contributed by atoms with Crippen LogP contribution in [0.15, 0.2) is 0 Å². The van der Waals surface area contributed by atoms with Crippen molar-refractivity contribution in [1.29, 1.82) is 0 Å². The maximum absolute atomic E-state index is 12.4. The molecule has 166 valence electrons. The third-order valence-electron chi connectivity index (χ3n) is 4.14. The summed E-state index contributed by atoms with van der Waals surface area (Å²) in [6.45, 7) is 1.66. The Balaban J connectivity index is 5.32. The highest BCUT2D eigenvalue weighted by Crippen LogP contribution is 2.09. The predicted molar refractivity (Wildman–Crippen MR) is 97.3 cm³/mol. The molecule has 0 aromatic heterocycles. The summed E-state index contributed by atoms with van der Waals surface area (Å²) in [6, 6.07) is -5.91. The number of hydrogen-bond donors (Lipinski definition) is 8. The summed E-state index contributed by atoms with van der Waals surface area (Å²) in [4.78, 5) is 58.7. The number of nitrogens with two attached hydrogens (primary N) is 1. The first-order valence-corrected chi connectivity index (χ1v) is 8.81. The largest absolute Gasteiger partial charge is 0.481 e. The van der Waals surface area contributed by atoms with Gasteiger partial charge in [0.05, 0.1) is 19.6 Å². The monoisotopic (exact) mass is 420 g/mol. The first-order valence-electron chi connectivity index (χ1n) is 8.81. The quantitative estimate of drug-likeness (QED) is 0.146. The second-order valence-corrected chi connectivity index (χ2v) is 6.40. The molecule has 0 fully saturated rings. The molecule has 0 radical (unpaired) electrons. The molecule has 0 bridgehead atoms. The van der Waals surface area contributed by atoms with Crippen molar-refractivity contribution in [2.24, 2.45) is 11.7 Å². The van der Waals surface area contributed by atoms with Crippen LogP contribution in [0.1, 0.15) is 26.7 Å². The summed E-state index contributed by atoms with van der Waals surface area (Å²) in [5.41, 5.74) is 5.29. The minimum absolute atomic E-state index is 0.414. The normalized spacial score (nSPS) is 15.9. The average molecular weight is 420 g/mol. The molecule has 5 atom stereocenters. The van der Waals surface area contributed by atoms with Gasteiger partial charge in [-0.1, -0.05) is 20.3 Å². The first-order chi connectivity index (χ1) is 13.5. The fourth-order valence-electron chi connectivity index (χ4n) is 2.15. The molecule has 13 nitrogen and oxygen atoms in total. The molecule has 5 unspecified atom stereocenters. The second kappa shape index (κ2) is 12.6. The van der Waals surface area contributed by atoms with E-state index in [4.69, 9.17) is 15.9 Å². The van der Waals surface area contributed by atoms with Crippen molar-refractivity contribution in [3.8, 4) is 0 Å². The van der Waals surface area contributed by atoms with Crippen molar-refractivity contribution in [2.45, 2.75) is 50.9 Å². The minimum atomic E-state index is -1.66. The van der Waals surface area contributed by atoms with Gasteiger partial charge in [-0.2, -0.15) is 0 Å². The van der Waals surface area contributed by atoms with Gasteiger partial charge in [0.25, 0.3) is 0 Å². The Bertz CT molecular complexity index is 613. The number of carbonyl (C=O) groups is 5. The number of amides is 3. The molecule has 0 aromatic carbocycles. The van der Waals surface area contributed by atoms with Gasteiger partial charge in [-0.15, -0.1) is 0 Å². The van der Waals surface area contributed by atoms with Crippen molar-refractivity contribution >= 4 is 29.7 Å². The zero-order chi connectivity index (χ0) is 22.7. The van der Waals surface area contributed by atoms with Crippen LogP contribution in [0.4, 0.5) is 0 Å². The minimum Gasteiger partial charge on any atom is -0.481 e. The van der Waals surface area contributed by atoms with E-state index in [9.17, 15) is 34.2 Å². The standard InChI is InChI=1S/C16H28N4O9/c1-3-7(2)12(16(28)29)20-14(26)9(4-11(23)24)18-15(27)10(6-22)19-13(25)8(17)5-21/h7-10,12,21-22H,3-6,17H2,1-2H3,(H,18,27)(H,19,25)(H,20,26)(H,23,24)(H,28,29). The zero-order valence-corrected chi connectivity index (χ0v) is 16.1. The van der Waals surface area contributed by atoms with Gasteiger partial charge < -0.3 is 42.1 Å². The second-order valence-electron chi connectivity index (χ2n) is 6.40. The molecule has 9 N–H and O–H groups in total. The van der Waals surface area contributed by atoms with Crippen LogP contribution in [0, 0.1) is 5.92 Å². The van der Waals surface area contributed by atoms with E-state index in [2.05, 4.69) is 10.6 Å². The molecule has 29 heavy (non-hydrogen) atoms. The lowest BCUT2D eigenvalue weighted by Gasteiger charge is -2.25. The number of aliphatic hydroxyl groups is 2. The SMILES string of the molecule is CCC(C)C(NC(=O)C(CC(=O)O)NC(=O)C(CO)NC(=O)C(N)CO)C(=O)O. The topological polar surface area (TPSA) is 228 Å². The van der Waals surface area contributed by atoms with E-state index < -0.39 is 79.4 Å². The van der Waals surface area contributed by atoms with Gasteiger partial charge in [0.1, 0.15) is 24.2 Å². The average Bonchev–Trinajstić information content (AvgIpc) is 2.66. The van der Waals surface area contributed by atoms with E-state index >= 15 is 0 Å². The molecule has 3 amide bonds. The molecule has 0 aliphatic rings. The van der Waals surface area contributed by atoms with Gasteiger partial charge in [-0.3, -0.25) is 19.2 Å². The number of aliphatic carboxylic acids is 2. The number of nitrogens with one attached hydrogen (secondary N) is 3. The Morgan fingerprint density at radius 3 is 1.79 bits per heavy atom. The number of carboxylic acids is 2. The van der Waals surface area contributed by atoms with Crippen molar-refractivity contribution in [3.63, 3.8) is 0 Å². The molecule has 0 aliphatic carbocycles.